The maximum absolute atomic E-state index is 10.7. The minimum atomic E-state index is -0.491. The highest BCUT2D eigenvalue weighted by atomic mass is 35.5. The van der Waals surface area contributed by atoms with E-state index >= 15 is 0 Å². The van der Waals surface area contributed by atoms with E-state index in [1.807, 2.05) is 0 Å². The van der Waals surface area contributed by atoms with E-state index in [1.54, 1.807) is 0 Å². The van der Waals surface area contributed by atoms with Gasteiger partial charge in [0.1, 0.15) is 0 Å². The van der Waals surface area contributed by atoms with Gasteiger partial charge in [0.15, 0.2) is 0 Å². The molecule has 0 N–H and O–H groups in total. The van der Waals surface area contributed by atoms with Crippen molar-refractivity contribution < 1.29 is 9.66 Å². The molecule has 0 saturated carbocycles. The molecular formula is C13H16Cl2N2O3. The van der Waals surface area contributed by atoms with Crippen molar-refractivity contribution in [3.05, 3.63) is 37.9 Å². The number of nitro groups is 1. The van der Waals surface area contributed by atoms with Crippen molar-refractivity contribution >= 4 is 28.9 Å². The van der Waals surface area contributed by atoms with Gasteiger partial charge in [-0.3, -0.25) is 15.0 Å². The van der Waals surface area contributed by atoms with E-state index in [1.165, 1.54) is 12.1 Å². The highest BCUT2D eigenvalue weighted by Gasteiger charge is 2.15. The summed E-state index contributed by atoms with van der Waals surface area (Å²) in [5.41, 5.74) is 0.712. The molecule has 1 saturated heterocycles. The molecule has 1 aliphatic heterocycles. The molecular weight excluding hydrogens is 303 g/mol. The molecule has 1 aliphatic rings. The SMILES string of the molecule is O=[N+]([O-])c1cc(Cl)c(CCCN2CCOCC2)c(Cl)c1. The lowest BCUT2D eigenvalue weighted by Crippen LogP contribution is -2.36. The zero-order chi connectivity index (χ0) is 14.5. The Morgan fingerprint density at radius 2 is 1.85 bits per heavy atom. The quantitative estimate of drug-likeness (QED) is 0.618. The topological polar surface area (TPSA) is 55.6 Å². The second-order valence-corrected chi connectivity index (χ2v) is 5.52. The van der Waals surface area contributed by atoms with Gasteiger partial charge >= 0.3 is 0 Å². The Morgan fingerprint density at radius 1 is 1.25 bits per heavy atom. The van der Waals surface area contributed by atoms with Gasteiger partial charge in [-0.25, -0.2) is 0 Å². The summed E-state index contributed by atoms with van der Waals surface area (Å²) in [7, 11) is 0. The molecule has 1 heterocycles. The first-order chi connectivity index (χ1) is 9.58. The van der Waals surface area contributed by atoms with Gasteiger partial charge in [-0.2, -0.15) is 0 Å². The first kappa shape index (κ1) is 15.5. The van der Waals surface area contributed by atoms with Crippen molar-refractivity contribution in [3.8, 4) is 0 Å². The van der Waals surface area contributed by atoms with E-state index in [9.17, 15) is 10.1 Å². The largest absolute Gasteiger partial charge is 0.379 e. The molecule has 5 nitrogen and oxygen atoms in total. The zero-order valence-electron chi connectivity index (χ0n) is 11.0. The Hall–Kier alpha value is -0.880. The Balaban J connectivity index is 1.93. The normalized spacial score (nSPS) is 16.3. The monoisotopic (exact) mass is 318 g/mol. The summed E-state index contributed by atoms with van der Waals surface area (Å²) >= 11 is 12.2. The van der Waals surface area contributed by atoms with Crippen LogP contribution >= 0.6 is 23.2 Å². The second kappa shape index (κ2) is 7.22. The fraction of sp³-hybridized carbons (Fsp3) is 0.538. The number of morpholine rings is 1. The van der Waals surface area contributed by atoms with Crippen molar-refractivity contribution in [2.45, 2.75) is 12.8 Å². The molecule has 0 aromatic heterocycles. The van der Waals surface area contributed by atoms with Crippen molar-refractivity contribution in [2.75, 3.05) is 32.8 Å². The van der Waals surface area contributed by atoms with E-state index in [2.05, 4.69) is 4.90 Å². The summed E-state index contributed by atoms with van der Waals surface area (Å²) in [6.07, 6.45) is 1.63. The van der Waals surface area contributed by atoms with E-state index in [0.29, 0.717) is 16.5 Å². The van der Waals surface area contributed by atoms with E-state index in [4.69, 9.17) is 27.9 Å². The van der Waals surface area contributed by atoms with Crippen molar-refractivity contribution in [1.29, 1.82) is 0 Å². The van der Waals surface area contributed by atoms with Gasteiger partial charge in [0.2, 0.25) is 0 Å². The number of nitrogens with zero attached hydrogens (tertiary/aromatic N) is 2. The highest BCUT2D eigenvalue weighted by Crippen LogP contribution is 2.31. The third kappa shape index (κ3) is 4.06. The summed E-state index contributed by atoms with van der Waals surface area (Å²) in [5, 5.41) is 11.4. The maximum Gasteiger partial charge on any atom is 0.272 e. The standard InChI is InChI=1S/C13H16Cl2N2O3/c14-12-8-10(17(18)19)9-13(15)11(12)2-1-3-16-4-6-20-7-5-16/h8-9H,1-7H2. The van der Waals surface area contributed by atoms with Gasteiger partial charge < -0.3 is 4.74 Å². The number of hydrogen-bond acceptors (Lipinski definition) is 4. The average molecular weight is 319 g/mol. The van der Waals surface area contributed by atoms with Gasteiger partial charge in [0.05, 0.1) is 28.2 Å². The van der Waals surface area contributed by atoms with E-state index in [0.717, 1.165) is 44.8 Å². The molecule has 0 atom stereocenters. The second-order valence-electron chi connectivity index (χ2n) is 4.70. The molecule has 0 spiro atoms. The molecule has 0 amide bonds. The third-order valence-electron chi connectivity index (χ3n) is 3.34. The average Bonchev–Trinajstić information content (AvgIpc) is 2.42. The molecule has 20 heavy (non-hydrogen) atoms. The molecule has 0 aliphatic carbocycles. The number of nitro benzene ring substituents is 1. The molecule has 0 radical (unpaired) electrons. The van der Waals surface area contributed by atoms with Crippen molar-refractivity contribution in [3.63, 3.8) is 0 Å². The molecule has 7 heteroatoms. The van der Waals surface area contributed by atoms with Gasteiger partial charge in [0, 0.05) is 25.2 Å². The number of hydrogen-bond donors (Lipinski definition) is 0. The maximum atomic E-state index is 10.7. The van der Waals surface area contributed by atoms with Crippen LogP contribution in [0.3, 0.4) is 0 Å². The van der Waals surface area contributed by atoms with Crippen LogP contribution < -0.4 is 0 Å². The Morgan fingerprint density at radius 3 is 2.40 bits per heavy atom. The van der Waals surface area contributed by atoms with E-state index in [-0.39, 0.29) is 5.69 Å². The summed E-state index contributed by atoms with van der Waals surface area (Å²) in [6.45, 7) is 4.40. The fourth-order valence-corrected chi connectivity index (χ4v) is 2.90. The minimum absolute atomic E-state index is 0.0723. The van der Waals surface area contributed by atoms with Crippen LogP contribution in [-0.2, 0) is 11.2 Å². The lowest BCUT2D eigenvalue weighted by atomic mass is 10.1. The van der Waals surface area contributed by atoms with Crippen molar-refractivity contribution in [1.82, 2.24) is 4.90 Å². The number of benzene rings is 1. The predicted molar refractivity (Wildman–Crippen MR) is 78.7 cm³/mol. The lowest BCUT2D eigenvalue weighted by Gasteiger charge is -2.26. The molecule has 1 aromatic carbocycles. The fourth-order valence-electron chi connectivity index (χ4n) is 2.24. The first-order valence-electron chi connectivity index (χ1n) is 6.50. The van der Waals surface area contributed by atoms with Gasteiger partial charge in [-0.1, -0.05) is 23.2 Å². The van der Waals surface area contributed by atoms with Crippen molar-refractivity contribution in [2.24, 2.45) is 0 Å². The predicted octanol–water partition coefficient (Wildman–Crippen LogP) is 3.17. The number of ether oxygens (including phenoxy) is 1. The van der Waals surface area contributed by atoms with Crippen LogP contribution in [0, 0.1) is 10.1 Å². The number of rotatable bonds is 5. The lowest BCUT2D eigenvalue weighted by molar-refractivity contribution is -0.384. The van der Waals surface area contributed by atoms with Crippen LogP contribution in [-0.4, -0.2) is 42.7 Å². The highest BCUT2D eigenvalue weighted by molar-refractivity contribution is 6.36. The van der Waals surface area contributed by atoms with Gasteiger partial charge in [0.25, 0.3) is 5.69 Å². The summed E-state index contributed by atoms with van der Waals surface area (Å²) < 4.78 is 5.29. The number of halogens is 2. The Kier molecular flexibility index (Phi) is 5.60. The minimum Gasteiger partial charge on any atom is -0.379 e. The van der Waals surface area contributed by atoms with E-state index < -0.39 is 4.92 Å². The van der Waals surface area contributed by atoms with Crippen LogP contribution in [0.2, 0.25) is 10.0 Å². The molecule has 1 aromatic rings. The van der Waals surface area contributed by atoms with Gasteiger partial charge in [-0.05, 0) is 24.9 Å². The third-order valence-corrected chi connectivity index (χ3v) is 4.02. The summed E-state index contributed by atoms with van der Waals surface area (Å²) in [4.78, 5) is 12.5. The van der Waals surface area contributed by atoms with Crippen LogP contribution in [0.25, 0.3) is 0 Å². The molecule has 0 unspecified atom stereocenters. The van der Waals surface area contributed by atoms with Crippen LogP contribution in [0.1, 0.15) is 12.0 Å². The molecule has 2 rings (SSSR count). The number of non-ortho nitro benzene ring substituents is 1. The van der Waals surface area contributed by atoms with Gasteiger partial charge in [-0.15, -0.1) is 0 Å². The first-order valence-corrected chi connectivity index (χ1v) is 7.26. The Labute approximate surface area is 127 Å². The van der Waals surface area contributed by atoms with Crippen LogP contribution in [0.5, 0.6) is 0 Å². The Bertz CT molecular complexity index is 467. The van der Waals surface area contributed by atoms with Crippen LogP contribution in [0.4, 0.5) is 5.69 Å². The summed E-state index contributed by atoms with van der Waals surface area (Å²) in [6, 6.07) is 2.72. The van der Waals surface area contributed by atoms with Crippen LogP contribution in [0.15, 0.2) is 12.1 Å². The zero-order valence-corrected chi connectivity index (χ0v) is 12.5. The molecule has 1 fully saturated rings. The summed E-state index contributed by atoms with van der Waals surface area (Å²) in [5.74, 6) is 0. The smallest absolute Gasteiger partial charge is 0.272 e. The molecule has 110 valence electrons. The molecule has 0 bridgehead atoms.